The molecule has 1 aliphatic carbocycles. The van der Waals surface area contributed by atoms with Crippen molar-refractivity contribution in [1.82, 2.24) is 10.3 Å². The summed E-state index contributed by atoms with van der Waals surface area (Å²) in [6, 6.07) is 8.57. The Morgan fingerprint density at radius 1 is 1.22 bits per heavy atom. The molecule has 0 saturated heterocycles. The molecular weight excluding hydrogens is 477 g/mol. The summed E-state index contributed by atoms with van der Waals surface area (Å²) in [5, 5.41) is 2.71. The van der Waals surface area contributed by atoms with Crippen molar-refractivity contribution in [3.8, 4) is 28.7 Å². The zero-order chi connectivity index (χ0) is 25.7. The molecular formula is C26H26F3N2O5. The third-order valence-corrected chi connectivity index (χ3v) is 5.48. The topological polar surface area (TPSA) is 82.8 Å². The Morgan fingerprint density at radius 2 is 2.03 bits per heavy atom. The van der Waals surface area contributed by atoms with Crippen LogP contribution in [0.4, 0.5) is 13.2 Å². The van der Waals surface area contributed by atoms with Gasteiger partial charge in [-0.15, -0.1) is 0 Å². The summed E-state index contributed by atoms with van der Waals surface area (Å²) in [6.45, 7) is 1.07. The van der Waals surface area contributed by atoms with E-state index in [9.17, 15) is 18.0 Å². The SMILES string of the molecule is C[CH]c1oc(-c2ccc(OC(F)F)c(OCC3CC3)c2)nc1CNC(=O)c1cccc(F)c1OCC. The van der Waals surface area contributed by atoms with E-state index in [1.807, 2.05) is 0 Å². The third kappa shape index (κ3) is 6.10. The van der Waals surface area contributed by atoms with E-state index in [1.54, 1.807) is 20.3 Å². The van der Waals surface area contributed by atoms with Crippen molar-refractivity contribution >= 4 is 5.91 Å². The molecule has 3 aromatic rings. The van der Waals surface area contributed by atoms with Crippen LogP contribution < -0.4 is 19.5 Å². The molecule has 1 radical (unpaired) electrons. The molecule has 7 nitrogen and oxygen atoms in total. The number of carbonyl (C=O) groups is 1. The van der Waals surface area contributed by atoms with Crippen LogP contribution in [-0.2, 0) is 6.54 Å². The second-order valence-electron chi connectivity index (χ2n) is 8.15. The van der Waals surface area contributed by atoms with Crippen molar-refractivity contribution in [3.05, 3.63) is 65.7 Å². The Hall–Kier alpha value is -3.69. The van der Waals surface area contributed by atoms with Crippen LogP contribution in [0.25, 0.3) is 11.5 Å². The number of carbonyl (C=O) groups excluding carboxylic acids is 1. The average Bonchev–Trinajstić information content (AvgIpc) is 3.60. The Morgan fingerprint density at radius 3 is 2.72 bits per heavy atom. The molecule has 0 atom stereocenters. The molecule has 1 heterocycles. The molecule has 0 spiro atoms. The maximum absolute atomic E-state index is 14.1. The smallest absolute Gasteiger partial charge is 0.387 e. The summed E-state index contributed by atoms with van der Waals surface area (Å²) in [5.41, 5.74) is 0.991. The monoisotopic (exact) mass is 503 g/mol. The van der Waals surface area contributed by atoms with Crippen LogP contribution in [0.2, 0.25) is 0 Å². The largest absolute Gasteiger partial charge is 0.490 e. The quantitative estimate of drug-likeness (QED) is 0.338. The van der Waals surface area contributed by atoms with E-state index in [0.29, 0.717) is 29.5 Å². The first-order valence-electron chi connectivity index (χ1n) is 11.6. The molecule has 0 aliphatic heterocycles. The number of nitrogens with zero attached hydrogens (tertiary/aromatic N) is 1. The lowest BCUT2D eigenvalue weighted by Crippen LogP contribution is -2.24. The molecule has 10 heteroatoms. The van der Waals surface area contributed by atoms with E-state index in [-0.39, 0.29) is 41.9 Å². The predicted octanol–water partition coefficient (Wildman–Crippen LogP) is 5.77. The molecule has 0 unspecified atom stereocenters. The molecule has 191 valence electrons. The fraction of sp³-hybridized carbons (Fsp3) is 0.346. The summed E-state index contributed by atoms with van der Waals surface area (Å²) in [4.78, 5) is 17.2. The minimum absolute atomic E-state index is 0.00169. The van der Waals surface area contributed by atoms with Crippen LogP contribution in [0.5, 0.6) is 17.2 Å². The minimum Gasteiger partial charge on any atom is -0.490 e. The zero-order valence-electron chi connectivity index (χ0n) is 19.9. The van der Waals surface area contributed by atoms with Crippen molar-refractivity contribution in [2.75, 3.05) is 13.2 Å². The summed E-state index contributed by atoms with van der Waals surface area (Å²) in [5.74, 6) is -0.141. The molecule has 1 aromatic heterocycles. The highest BCUT2D eigenvalue weighted by molar-refractivity contribution is 5.96. The van der Waals surface area contributed by atoms with Crippen molar-refractivity contribution in [2.24, 2.45) is 5.92 Å². The summed E-state index contributed by atoms with van der Waals surface area (Å²) < 4.78 is 61.2. The Balaban J connectivity index is 1.53. The van der Waals surface area contributed by atoms with Gasteiger partial charge in [-0.25, -0.2) is 9.37 Å². The maximum atomic E-state index is 14.1. The fourth-order valence-corrected chi connectivity index (χ4v) is 3.52. The number of alkyl halides is 2. The number of oxazole rings is 1. The van der Waals surface area contributed by atoms with E-state index in [1.165, 1.54) is 36.4 Å². The number of amides is 1. The predicted molar refractivity (Wildman–Crippen MR) is 125 cm³/mol. The molecule has 1 aliphatic rings. The number of halogens is 3. The van der Waals surface area contributed by atoms with Gasteiger partial charge in [0.15, 0.2) is 23.1 Å². The van der Waals surface area contributed by atoms with Gasteiger partial charge in [0.1, 0.15) is 11.5 Å². The zero-order valence-corrected chi connectivity index (χ0v) is 19.9. The number of aromatic nitrogens is 1. The number of ether oxygens (including phenoxy) is 3. The maximum Gasteiger partial charge on any atom is 0.387 e. The molecule has 1 fully saturated rings. The summed E-state index contributed by atoms with van der Waals surface area (Å²) in [6.07, 6.45) is 3.76. The van der Waals surface area contributed by atoms with Crippen LogP contribution in [0, 0.1) is 18.2 Å². The highest BCUT2D eigenvalue weighted by atomic mass is 19.3. The van der Waals surface area contributed by atoms with E-state index in [0.717, 1.165) is 12.8 Å². The standard InChI is InChI=1S/C26H26F3N2O5/c1-3-20-19(13-30-24(32)17-6-5-7-18(27)23(17)33-4-2)31-25(35-20)16-10-11-21(36-26(28)29)22(12-16)34-14-15-8-9-15/h3,5-7,10-12,15,26H,4,8-9,13-14H2,1-2H3,(H,30,32). The number of rotatable bonds is 12. The van der Waals surface area contributed by atoms with Crippen molar-refractivity contribution < 1.29 is 36.6 Å². The van der Waals surface area contributed by atoms with Gasteiger partial charge in [0.25, 0.3) is 5.91 Å². The number of benzene rings is 2. The molecule has 1 amide bonds. The number of hydrogen-bond acceptors (Lipinski definition) is 6. The van der Waals surface area contributed by atoms with Crippen LogP contribution >= 0.6 is 0 Å². The Bertz CT molecular complexity index is 1210. The first-order valence-corrected chi connectivity index (χ1v) is 11.6. The van der Waals surface area contributed by atoms with Crippen LogP contribution in [-0.4, -0.2) is 30.7 Å². The minimum atomic E-state index is -2.99. The van der Waals surface area contributed by atoms with Gasteiger partial charge in [-0.1, -0.05) is 13.0 Å². The van der Waals surface area contributed by atoms with Gasteiger partial charge in [-0.3, -0.25) is 4.79 Å². The van der Waals surface area contributed by atoms with Gasteiger partial charge in [-0.05, 0) is 56.0 Å². The number of para-hydroxylation sites is 1. The second-order valence-corrected chi connectivity index (χ2v) is 8.15. The van der Waals surface area contributed by atoms with Gasteiger partial charge < -0.3 is 23.9 Å². The highest BCUT2D eigenvalue weighted by Gasteiger charge is 2.24. The van der Waals surface area contributed by atoms with Crippen LogP contribution in [0.1, 0.15) is 48.5 Å². The first-order chi connectivity index (χ1) is 17.4. The van der Waals surface area contributed by atoms with Gasteiger partial charge in [0.05, 0.1) is 25.3 Å². The molecule has 2 aromatic carbocycles. The van der Waals surface area contributed by atoms with Gasteiger partial charge >= 0.3 is 6.61 Å². The van der Waals surface area contributed by atoms with E-state index in [4.69, 9.17) is 13.9 Å². The fourth-order valence-electron chi connectivity index (χ4n) is 3.52. The first kappa shape index (κ1) is 25.4. The lowest BCUT2D eigenvalue weighted by Gasteiger charge is -2.12. The summed E-state index contributed by atoms with van der Waals surface area (Å²) >= 11 is 0. The molecule has 36 heavy (non-hydrogen) atoms. The lowest BCUT2D eigenvalue weighted by molar-refractivity contribution is -0.0515. The third-order valence-electron chi connectivity index (χ3n) is 5.48. The van der Waals surface area contributed by atoms with Crippen LogP contribution in [0.15, 0.2) is 40.8 Å². The van der Waals surface area contributed by atoms with Crippen molar-refractivity contribution in [1.29, 1.82) is 0 Å². The van der Waals surface area contributed by atoms with Gasteiger partial charge in [0.2, 0.25) is 5.89 Å². The summed E-state index contributed by atoms with van der Waals surface area (Å²) in [7, 11) is 0. The van der Waals surface area contributed by atoms with E-state index < -0.39 is 18.3 Å². The van der Waals surface area contributed by atoms with Crippen LogP contribution in [0.3, 0.4) is 0 Å². The van der Waals surface area contributed by atoms with Crippen molar-refractivity contribution in [2.45, 2.75) is 39.8 Å². The molecule has 0 bridgehead atoms. The van der Waals surface area contributed by atoms with Crippen molar-refractivity contribution in [3.63, 3.8) is 0 Å². The lowest BCUT2D eigenvalue weighted by atomic mass is 10.1. The highest BCUT2D eigenvalue weighted by Crippen LogP contribution is 2.37. The van der Waals surface area contributed by atoms with E-state index >= 15 is 0 Å². The van der Waals surface area contributed by atoms with E-state index in [2.05, 4.69) is 15.0 Å². The van der Waals surface area contributed by atoms with Gasteiger partial charge in [-0.2, -0.15) is 8.78 Å². The number of nitrogens with one attached hydrogen (secondary N) is 1. The molecule has 4 rings (SSSR count). The Labute approximate surface area is 206 Å². The molecule has 1 saturated carbocycles. The number of hydrogen-bond donors (Lipinski definition) is 1. The normalized spacial score (nSPS) is 13.1. The van der Waals surface area contributed by atoms with Gasteiger partial charge in [0, 0.05) is 12.0 Å². The molecule has 1 N–H and O–H groups in total. The second kappa shape index (κ2) is 11.4. The Kier molecular flexibility index (Phi) is 8.02. The average molecular weight is 503 g/mol.